The van der Waals surface area contributed by atoms with Crippen molar-refractivity contribution in [2.45, 2.75) is 13.8 Å². The van der Waals surface area contributed by atoms with Crippen molar-refractivity contribution in [1.29, 1.82) is 0 Å². The lowest BCUT2D eigenvalue weighted by Crippen LogP contribution is -1.71. The van der Waals surface area contributed by atoms with E-state index in [-0.39, 0.29) is 0 Å². The highest BCUT2D eigenvalue weighted by atomic mass is 17.2. The maximum absolute atomic E-state index is 4.57. The average molecular weight is 140 g/mol. The van der Waals surface area contributed by atoms with Gasteiger partial charge in [-0.1, -0.05) is 25.2 Å². The van der Waals surface area contributed by atoms with Crippen LogP contribution in [0.2, 0.25) is 0 Å². The van der Waals surface area contributed by atoms with Crippen molar-refractivity contribution in [1.82, 2.24) is 0 Å². The summed E-state index contributed by atoms with van der Waals surface area (Å²) in [5.74, 6) is 0. The van der Waals surface area contributed by atoms with E-state index in [2.05, 4.69) is 22.8 Å². The van der Waals surface area contributed by atoms with E-state index in [4.69, 9.17) is 0 Å². The average Bonchev–Trinajstić information content (AvgIpc) is 2.01. The lowest BCUT2D eigenvalue weighted by Gasteiger charge is -1.83. The molecule has 0 amide bonds. The van der Waals surface area contributed by atoms with Gasteiger partial charge in [0.15, 0.2) is 6.11 Å². The van der Waals surface area contributed by atoms with Gasteiger partial charge in [-0.25, -0.2) is 4.89 Å². The van der Waals surface area contributed by atoms with E-state index in [1.807, 2.05) is 26.0 Å². The van der Waals surface area contributed by atoms with Crippen LogP contribution in [0.15, 0.2) is 25.0 Å². The molecule has 0 bridgehead atoms. The second-order valence-corrected chi connectivity index (χ2v) is 1.13. The Morgan fingerprint density at radius 1 is 1.40 bits per heavy atom. The minimum Gasteiger partial charge on any atom is -0.289 e. The Labute approximate surface area is 62.1 Å². The Balaban J connectivity index is 0. The van der Waals surface area contributed by atoms with Crippen LogP contribution in [0.5, 0.6) is 0 Å². The van der Waals surface area contributed by atoms with Crippen molar-refractivity contribution in [3.63, 3.8) is 0 Å². The molecule has 56 valence electrons. The molecule has 10 heavy (non-hydrogen) atoms. The first-order chi connectivity index (χ1) is 4.83. The maximum atomic E-state index is 4.57. The van der Waals surface area contributed by atoms with E-state index >= 15 is 0 Å². The number of hydrogen-bond donors (Lipinski definition) is 0. The molecule has 0 N–H and O–H groups in total. The largest absolute Gasteiger partial charge is 0.289 e. The van der Waals surface area contributed by atoms with Crippen LogP contribution in [0.3, 0.4) is 0 Å². The normalized spacial score (nSPS) is 6.90. The molecular formula is C8H12O2. The van der Waals surface area contributed by atoms with Crippen molar-refractivity contribution >= 4 is 0 Å². The van der Waals surface area contributed by atoms with E-state index in [0.717, 1.165) is 6.26 Å². The Kier molecular flexibility index (Phi) is 17.9. The molecule has 0 saturated heterocycles. The van der Waals surface area contributed by atoms with Crippen molar-refractivity contribution in [3.05, 3.63) is 25.0 Å². The zero-order valence-electron chi connectivity index (χ0n) is 6.33. The molecule has 0 aliphatic rings. The summed E-state index contributed by atoms with van der Waals surface area (Å²) in [5, 5.41) is 0. The molecule has 0 atom stereocenters. The molecule has 2 nitrogen and oxygen atoms in total. The zero-order valence-corrected chi connectivity index (χ0v) is 6.33. The van der Waals surface area contributed by atoms with E-state index in [1.165, 1.54) is 0 Å². The fraction of sp³-hybridized carbons (Fsp3) is 0.250. The topological polar surface area (TPSA) is 18.5 Å². The van der Waals surface area contributed by atoms with Crippen molar-refractivity contribution in [2.75, 3.05) is 0 Å². The predicted molar refractivity (Wildman–Crippen MR) is 41.7 cm³/mol. The molecule has 0 radical (unpaired) electrons. The number of terminal acetylenes is 1. The molecule has 0 aliphatic carbocycles. The summed E-state index contributed by atoms with van der Waals surface area (Å²) in [6.45, 7) is 7.16. The Hall–Kier alpha value is -1.36. The van der Waals surface area contributed by atoms with Crippen LogP contribution in [-0.2, 0) is 9.78 Å². The number of rotatable bonds is 2. The fourth-order valence-corrected chi connectivity index (χ4v) is 0.0618. The highest BCUT2D eigenvalue weighted by molar-refractivity contribution is 4.68. The molecule has 0 unspecified atom stereocenters. The van der Waals surface area contributed by atoms with Gasteiger partial charge < -0.3 is 0 Å². The minimum absolute atomic E-state index is 1.10. The van der Waals surface area contributed by atoms with Crippen LogP contribution in [0.4, 0.5) is 0 Å². The van der Waals surface area contributed by atoms with E-state index in [0.29, 0.717) is 0 Å². The summed E-state index contributed by atoms with van der Waals surface area (Å²) in [6.07, 6.45) is 11.4. The first-order valence-electron chi connectivity index (χ1n) is 2.79. The quantitative estimate of drug-likeness (QED) is 0.146. The standard InChI is InChI=1S/C4H4O2.C4H8/c1-3-5-6-4-2;1-3-4-2/h1,4H,2H2;3-4H,1-2H3/b;4-3-. The highest BCUT2D eigenvalue weighted by Gasteiger charge is 1.59. The number of hydrogen-bond acceptors (Lipinski definition) is 2. The third kappa shape index (κ3) is 30.3. The van der Waals surface area contributed by atoms with Gasteiger partial charge in [0, 0.05) is 0 Å². The van der Waals surface area contributed by atoms with Crippen LogP contribution in [0.1, 0.15) is 13.8 Å². The van der Waals surface area contributed by atoms with Crippen molar-refractivity contribution < 1.29 is 9.78 Å². The SMILES string of the molecule is C#COOC=C.C/C=C\C. The van der Waals surface area contributed by atoms with Gasteiger partial charge in [-0.3, -0.25) is 4.89 Å². The highest BCUT2D eigenvalue weighted by Crippen LogP contribution is 1.69. The summed E-state index contributed by atoms with van der Waals surface area (Å²) in [7, 11) is 0. The lowest BCUT2D eigenvalue weighted by atomic mass is 10.6. The van der Waals surface area contributed by atoms with Gasteiger partial charge in [-0.2, -0.15) is 0 Å². The third-order valence-corrected chi connectivity index (χ3v) is 0.498. The number of allylic oxidation sites excluding steroid dienone is 2. The molecule has 0 saturated carbocycles. The predicted octanol–water partition coefficient (Wildman–Crippen LogP) is 2.25. The molecule has 0 aliphatic heterocycles. The molecular weight excluding hydrogens is 128 g/mol. The van der Waals surface area contributed by atoms with E-state index in [9.17, 15) is 0 Å². The van der Waals surface area contributed by atoms with Crippen LogP contribution >= 0.6 is 0 Å². The van der Waals surface area contributed by atoms with Crippen LogP contribution < -0.4 is 0 Å². The van der Waals surface area contributed by atoms with Gasteiger partial charge in [-0.05, 0) is 13.8 Å². The first-order valence-corrected chi connectivity index (χ1v) is 2.79. The minimum atomic E-state index is 1.10. The third-order valence-electron chi connectivity index (χ3n) is 0.498. The smallest absolute Gasteiger partial charge is 0.167 e. The Morgan fingerprint density at radius 2 is 1.90 bits per heavy atom. The van der Waals surface area contributed by atoms with Gasteiger partial charge in [-0.15, -0.1) is 0 Å². The molecule has 0 heterocycles. The molecule has 0 aromatic carbocycles. The first kappa shape index (κ1) is 11.4. The molecule has 0 aromatic heterocycles. The summed E-state index contributed by atoms with van der Waals surface area (Å²) in [6, 6.07) is 0. The van der Waals surface area contributed by atoms with Gasteiger partial charge >= 0.3 is 0 Å². The molecule has 0 spiro atoms. The van der Waals surface area contributed by atoms with Crippen LogP contribution in [0.25, 0.3) is 0 Å². The molecule has 2 heteroatoms. The fourth-order valence-electron chi connectivity index (χ4n) is 0.0618. The Morgan fingerprint density at radius 3 is 2.00 bits per heavy atom. The zero-order chi connectivity index (χ0) is 8.24. The maximum Gasteiger partial charge on any atom is 0.167 e. The van der Waals surface area contributed by atoms with Gasteiger partial charge in [0.2, 0.25) is 0 Å². The summed E-state index contributed by atoms with van der Waals surface area (Å²) in [5.41, 5.74) is 0. The summed E-state index contributed by atoms with van der Waals surface area (Å²) in [4.78, 5) is 7.90. The lowest BCUT2D eigenvalue weighted by molar-refractivity contribution is -0.181. The molecule has 0 rings (SSSR count). The molecule has 0 aromatic rings. The monoisotopic (exact) mass is 140 g/mol. The van der Waals surface area contributed by atoms with E-state index < -0.39 is 0 Å². The molecule has 0 fully saturated rings. The van der Waals surface area contributed by atoms with Crippen molar-refractivity contribution in [2.24, 2.45) is 0 Å². The van der Waals surface area contributed by atoms with Crippen LogP contribution in [-0.4, -0.2) is 0 Å². The van der Waals surface area contributed by atoms with Gasteiger partial charge in [0.05, 0.1) is 0 Å². The van der Waals surface area contributed by atoms with E-state index in [1.54, 1.807) is 6.11 Å². The van der Waals surface area contributed by atoms with Gasteiger partial charge in [0.1, 0.15) is 6.26 Å². The summed E-state index contributed by atoms with van der Waals surface area (Å²) >= 11 is 0. The second kappa shape index (κ2) is 15.6. The van der Waals surface area contributed by atoms with Gasteiger partial charge in [0.25, 0.3) is 0 Å². The Bertz CT molecular complexity index is 116. The summed E-state index contributed by atoms with van der Waals surface area (Å²) < 4.78 is 0. The second-order valence-electron chi connectivity index (χ2n) is 1.13. The van der Waals surface area contributed by atoms with Crippen LogP contribution in [0, 0.1) is 12.5 Å². The van der Waals surface area contributed by atoms with Crippen molar-refractivity contribution in [3.8, 4) is 12.5 Å².